The smallest absolute Gasteiger partial charge is 0.335 e. The van der Waals surface area contributed by atoms with Crippen LogP contribution in [0.1, 0.15) is 21.5 Å². The van der Waals surface area contributed by atoms with Gasteiger partial charge in [-0.15, -0.1) is 0 Å². The lowest BCUT2D eigenvalue weighted by Gasteiger charge is -2.12. The number of carbonyl (C=O) groups excluding carboxylic acids is 1. The van der Waals surface area contributed by atoms with E-state index in [0.29, 0.717) is 22.7 Å². The molecule has 0 aliphatic rings. The van der Waals surface area contributed by atoms with Crippen molar-refractivity contribution in [2.24, 2.45) is 0 Å². The number of aromatic carboxylic acids is 1. The molecule has 166 valence electrons. The van der Waals surface area contributed by atoms with Crippen LogP contribution in [-0.4, -0.2) is 24.1 Å². The summed E-state index contributed by atoms with van der Waals surface area (Å²) in [4.78, 5) is 23.4. The van der Waals surface area contributed by atoms with Crippen molar-refractivity contribution >= 4 is 23.6 Å². The molecule has 3 aromatic rings. The van der Waals surface area contributed by atoms with Crippen LogP contribution in [0, 0.1) is 17.1 Å². The van der Waals surface area contributed by atoms with Crippen molar-refractivity contribution < 1.29 is 28.6 Å². The molecule has 0 fully saturated rings. The van der Waals surface area contributed by atoms with E-state index in [1.165, 1.54) is 49.6 Å². The van der Waals surface area contributed by atoms with Crippen LogP contribution >= 0.6 is 0 Å². The van der Waals surface area contributed by atoms with E-state index in [4.69, 9.17) is 14.6 Å². The minimum atomic E-state index is -1.08. The number of ether oxygens (including phenoxy) is 2. The summed E-state index contributed by atoms with van der Waals surface area (Å²) in [7, 11) is 1.49. The molecule has 0 aliphatic carbocycles. The number of rotatable bonds is 8. The van der Waals surface area contributed by atoms with Gasteiger partial charge in [-0.25, -0.2) is 9.18 Å². The molecule has 1 amide bonds. The van der Waals surface area contributed by atoms with Crippen molar-refractivity contribution in [3.8, 4) is 17.6 Å². The van der Waals surface area contributed by atoms with Gasteiger partial charge in [-0.3, -0.25) is 4.79 Å². The second-order valence-corrected chi connectivity index (χ2v) is 6.83. The Kier molecular flexibility index (Phi) is 7.39. The third-order valence-electron chi connectivity index (χ3n) is 4.56. The summed E-state index contributed by atoms with van der Waals surface area (Å²) in [5.41, 5.74) is 1.55. The Balaban J connectivity index is 1.77. The van der Waals surface area contributed by atoms with Crippen molar-refractivity contribution in [2.45, 2.75) is 6.61 Å². The van der Waals surface area contributed by atoms with Gasteiger partial charge in [0.2, 0.25) is 0 Å². The van der Waals surface area contributed by atoms with Crippen LogP contribution in [0.25, 0.3) is 6.08 Å². The highest BCUT2D eigenvalue weighted by Crippen LogP contribution is 2.30. The average molecular weight is 446 g/mol. The Hall–Kier alpha value is -4.64. The molecule has 3 aromatic carbocycles. The molecule has 0 spiro atoms. The number of hydrogen-bond acceptors (Lipinski definition) is 5. The van der Waals surface area contributed by atoms with Crippen molar-refractivity contribution in [1.82, 2.24) is 0 Å². The van der Waals surface area contributed by atoms with Gasteiger partial charge in [0, 0.05) is 5.69 Å². The first-order valence-corrected chi connectivity index (χ1v) is 9.71. The van der Waals surface area contributed by atoms with E-state index in [1.54, 1.807) is 30.3 Å². The van der Waals surface area contributed by atoms with Gasteiger partial charge in [0.15, 0.2) is 11.5 Å². The van der Waals surface area contributed by atoms with Gasteiger partial charge in [-0.1, -0.05) is 18.2 Å². The van der Waals surface area contributed by atoms with Gasteiger partial charge in [-0.05, 0) is 65.7 Å². The van der Waals surface area contributed by atoms with E-state index in [0.717, 1.165) is 5.56 Å². The van der Waals surface area contributed by atoms with Crippen LogP contribution in [-0.2, 0) is 11.4 Å². The lowest BCUT2D eigenvalue weighted by molar-refractivity contribution is -0.112. The zero-order chi connectivity index (χ0) is 23.8. The molecule has 0 atom stereocenters. The monoisotopic (exact) mass is 446 g/mol. The number of nitriles is 1. The predicted molar refractivity (Wildman–Crippen MR) is 119 cm³/mol. The number of anilines is 1. The number of carboxylic acid groups (broad SMARTS) is 1. The third-order valence-corrected chi connectivity index (χ3v) is 4.56. The maximum atomic E-state index is 13.1. The number of carboxylic acids is 1. The van der Waals surface area contributed by atoms with Crippen LogP contribution in [0.5, 0.6) is 11.5 Å². The maximum absolute atomic E-state index is 13.1. The minimum absolute atomic E-state index is 0.0791. The number of amides is 1. The van der Waals surface area contributed by atoms with Crippen LogP contribution in [0.4, 0.5) is 10.1 Å². The van der Waals surface area contributed by atoms with Gasteiger partial charge in [0.1, 0.15) is 24.1 Å². The zero-order valence-corrected chi connectivity index (χ0v) is 17.5. The van der Waals surface area contributed by atoms with Crippen LogP contribution < -0.4 is 14.8 Å². The SMILES string of the molecule is COc1ccc(/C=C(\C#N)C(=O)Nc2ccc(C(=O)O)cc2)cc1OCc1ccc(F)cc1. The molecule has 0 heterocycles. The molecule has 7 nitrogen and oxygen atoms in total. The second kappa shape index (κ2) is 10.6. The second-order valence-electron chi connectivity index (χ2n) is 6.83. The van der Waals surface area contributed by atoms with Crippen LogP contribution in [0.15, 0.2) is 72.3 Å². The van der Waals surface area contributed by atoms with Crippen molar-refractivity contribution in [2.75, 3.05) is 12.4 Å². The van der Waals surface area contributed by atoms with E-state index in [9.17, 15) is 19.2 Å². The standard InChI is InChI=1S/C25H19FN2O5/c1-32-22-11-4-17(13-23(22)33-15-16-2-7-20(26)8-3-16)12-19(14-27)24(29)28-21-9-5-18(6-10-21)25(30)31/h2-13H,15H2,1H3,(H,28,29)(H,30,31)/b19-12+. The molecule has 3 rings (SSSR count). The molecule has 0 bridgehead atoms. The highest BCUT2D eigenvalue weighted by molar-refractivity contribution is 6.09. The Labute approximate surface area is 189 Å². The third kappa shape index (κ3) is 6.18. The molecular formula is C25H19FN2O5. The number of nitrogens with zero attached hydrogens (tertiary/aromatic N) is 1. The van der Waals surface area contributed by atoms with Crippen LogP contribution in [0.2, 0.25) is 0 Å². The summed E-state index contributed by atoms with van der Waals surface area (Å²) in [5, 5.41) is 21.0. The average Bonchev–Trinajstić information content (AvgIpc) is 2.82. The van der Waals surface area contributed by atoms with Gasteiger partial charge < -0.3 is 19.9 Å². The van der Waals surface area contributed by atoms with E-state index in [-0.39, 0.29) is 23.6 Å². The molecule has 0 radical (unpaired) electrons. The van der Waals surface area contributed by atoms with Gasteiger partial charge in [0.05, 0.1) is 12.7 Å². The first kappa shape index (κ1) is 23.0. The molecule has 0 aromatic heterocycles. The first-order valence-electron chi connectivity index (χ1n) is 9.71. The number of methoxy groups -OCH3 is 1. The Morgan fingerprint density at radius 2 is 1.76 bits per heavy atom. The molecule has 2 N–H and O–H groups in total. The van der Waals surface area contributed by atoms with Gasteiger partial charge in [0.25, 0.3) is 5.91 Å². The number of benzene rings is 3. The van der Waals surface area contributed by atoms with Crippen LogP contribution in [0.3, 0.4) is 0 Å². The highest BCUT2D eigenvalue weighted by atomic mass is 19.1. The molecule has 0 saturated carbocycles. The summed E-state index contributed by atoms with van der Waals surface area (Å²) in [6.07, 6.45) is 1.39. The molecule has 0 aliphatic heterocycles. The fourth-order valence-corrected chi connectivity index (χ4v) is 2.85. The lowest BCUT2D eigenvalue weighted by atomic mass is 10.1. The summed E-state index contributed by atoms with van der Waals surface area (Å²) in [5.74, 6) is -1.23. The van der Waals surface area contributed by atoms with E-state index < -0.39 is 11.9 Å². The highest BCUT2D eigenvalue weighted by Gasteiger charge is 2.12. The Bertz CT molecular complexity index is 1230. The van der Waals surface area contributed by atoms with Gasteiger partial charge in [-0.2, -0.15) is 5.26 Å². The molecule has 33 heavy (non-hydrogen) atoms. The van der Waals surface area contributed by atoms with Crippen molar-refractivity contribution in [1.29, 1.82) is 5.26 Å². The van der Waals surface area contributed by atoms with E-state index >= 15 is 0 Å². The van der Waals surface area contributed by atoms with E-state index in [2.05, 4.69) is 5.32 Å². The number of halogens is 1. The first-order chi connectivity index (χ1) is 15.9. The predicted octanol–water partition coefficient (Wildman–Crippen LogP) is 4.66. The number of carbonyl (C=O) groups is 2. The number of nitrogens with one attached hydrogen (secondary N) is 1. The van der Waals surface area contributed by atoms with Crippen molar-refractivity contribution in [3.63, 3.8) is 0 Å². The Morgan fingerprint density at radius 3 is 2.36 bits per heavy atom. The largest absolute Gasteiger partial charge is 0.493 e. The van der Waals surface area contributed by atoms with Gasteiger partial charge >= 0.3 is 5.97 Å². The molecule has 0 unspecified atom stereocenters. The summed E-state index contributed by atoms with van der Waals surface area (Å²) < 4.78 is 24.2. The number of hydrogen-bond donors (Lipinski definition) is 2. The Morgan fingerprint density at radius 1 is 1.06 bits per heavy atom. The molecular weight excluding hydrogens is 427 g/mol. The molecule has 0 saturated heterocycles. The summed E-state index contributed by atoms with van der Waals surface area (Å²) in [6.45, 7) is 0.168. The lowest BCUT2D eigenvalue weighted by Crippen LogP contribution is -2.13. The zero-order valence-electron chi connectivity index (χ0n) is 17.5. The topological polar surface area (TPSA) is 109 Å². The van der Waals surface area contributed by atoms with Crippen molar-refractivity contribution in [3.05, 3.63) is 94.8 Å². The fraction of sp³-hybridized carbons (Fsp3) is 0.0800. The normalized spacial score (nSPS) is 10.8. The minimum Gasteiger partial charge on any atom is -0.493 e. The quantitative estimate of drug-likeness (QED) is 0.385. The summed E-state index contributed by atoms with van der Waals surface area (Å²) >= 11 is 0. The summed E-state index contributed by atoms with van der Waals surface area (Å²) in [6, 6.07) is 18.2. The maximum Gasteiger partial charge on any atom is 0.335 e. The fourth-order valence-electron chi connectivity index (χ4n) is 2.85. The molecule has 8 heteroatoms. The van der Waals surface area contributed by atoms with E-state index in [1.807, 2.05) is 6.07 Å².